The van der Waals surface area contributed by atoms with Crippen LogP contribution in [0.4, 0.5) is 0 Å². The Kier molecular flexibility index (Phi) is 4.48. The molecule has 0 aliphatic carbocycles. The Morgan fingerprint density at radius 1 is 1.22 bits per heavy atom. The fourth-order valence-electron chi connectivity index (χ4n) is 2.63. The third-order valence-corrected chi connectivity index (χ3v) is 3.65. The van der Waals surface area contributed by atoms with Gasteiger partial charge in [0, 0.05) is 6.04 Å². The SMILES string of the molecule is CCCC[C@@H]1NCCc2cc(OC)c(OC)cc21. The predicted octanol–water partition coefficient (Wildman–Crippen LogP) is 3.08. The molecule has 0 unspecified atom stereocenters. The Hall–Kier alpha value is -1.22. The van der Waals surface area contributed by atoms with Gasteiger partial charge in [0.1, 0.15) is 0 Å². The molecule has 18 heavy (non-hydrogen) atoms. The van der Waals surface area contributed by atoms with Crippen LogP contribution in [0.2, 0.25) is 0 Å². The van der Waals surface area contributed by atoms with Crippen LogP contribution in [0.5, 0.6) is 11.5 Å². The van der Waals surface area contributed by atoms with Crippen molar-refractivity contribution >= 4 is 0 Å². The maximum atomic E-state index is 5.40. The zero-order valence-electron chi connectivity index (χ0n) is 11.6. The van der Waals surface area contributed by atoms with Crippen molar-refractivity contribution in [2.45, 2.75) is 38.6 Å². The van der Waals surface area contributed by atoms with E-state index in [0.29, 0.717) is 6.04 Å². The Labute approximate surface area is 109 Å². The summed E-state index contributed by atoms with van der Waals surface area (Å²) in [5.74, 6) is 1.67. The van der Waals surface area contributed by atoms with Crippen molar-refractivity contribution in [2.75, 3.05) is 20.8 Å². The molecule has 0 bridgehead atoms. The summed E-state index contributed by atoms with van der Waals surface area (Å²) in [6.45, 7) is 3.29. The second-order valence-electron chi connectivity index (χ2n) is 4.80. The smallest absolute Gasteiger partial charge is 0.161 e. The van der Waals surface area contributed by atoms with Gasteiger partial charge in [-0.25, -0.2) is 0 Å². The summed E-state index contributed by atoms with van der Waals surface area (Å²) >= 11 is 0. The van der Waals surface area contributed by atoms with E-state index >= 15 is 0 Å². The van der Waals surface area contributed by atoms with E-state index in [1.165, 1.54) is 30.4 Å². The van der Waals surface area contributed by atoms with Crippen molar-refractivity contribution in [3.05, 3.63) is 23.3 Å². The number of hydrogen-bond acceptors (Lipinski definition) is 3. The normalized spacial score (nSPS) is 18.3. The van der Waals surface area contributed by atoms with Crippen LogP contribution in [0.1, 0.15) is 43.4 Å². The minimum absolute atomic E-state index is 0.466. The van der Waals surface area contributed by atoms with Crippen LogP contribution in [0.15, 0.2) is 12.1 Å². The number of unbranched alkanes of at least 4 members (excludes halogenated alkanes) is 1. The molecule has 2 rings (SSSR count). The van der Waals surface area contributed by atoms with Crippen LogP contribution in [0, 0.1) is 0 Å². The highest BCUT2D eigenvalue weighted by molar-refractivity contribution is 5.49. The van der Waals surface area contributed by atoms with E-state index in [4.69, 9.17) is 9.47 Å². The molecular weight excluding hydrogens is 226 g/mol. The number of fused-ring (bicyclic) bond motifs is 1. The number of ether oxygens (including phenoxy) is 2. The van der Waals surface area contributed by atoms with Crippen molar-refractivity contribution in [2.24, 2.45) is 0 Å². The third kappa shape index (κ3) is 2.61. The van der Waals surface area contributed by atoms with Crippen molar-refractivity contribution in [1.29, 1.82) is 0 Å². The van der Waals surface area contributed by atoms with Gasteiger partial charge < -0.3 is 14.8 Å². The fraction of sp³-hybridized carbons (Fsp3) is 0.600. The van der Waals surface area contributed by atoms with Gasteiger partial charge in [-0.05, 0) is 42.6 Å². The average molecular weight is 249 g/mol. The molecule has 0 saturated heterocycles. The van der Waals surface area contributed by atoms with Gasteiger partial charge in [0.25, 0.3) is 0 Å². The zero-order valence-corrected chi connectivity index (χ0v) is 11.6. The van der Waals surface area contributed by atoms with E-state index in [-0.39, 0.29) is 0 Å². The van der Waals surface area contributed by atoms with Gasteiger partial charge in [-0.15, -0.1) is 0 Å². The largest absolute Gasteiger partial charge is 0.493 e. The molecule has 1 atom stereocenters. The Bertz CT molecular complexity index is 404. The third-order valence-electron chi connectivity index (χ3n) is 3.65. The molecule has 1 aliphatic rings. The Balaban J connectivity index is 2.31. The van der Waals surface area contributed by atoms with Gasteiger partial charge in [0.05, 0.1) is 14.2 Å². The lowest BCUT2D eigenvalue weighted by atomic mass is 9.91. The quantitative estimate of drug-likeness (QED) is 0.870. The summed E-state index contributed by atoms with van der Waals surface area (Å²) in [6.07, 6.45) is 4.75. The van der Waals surface area contributed by atoms with Crippen molar-refractivity contribution in [3.8, 4) is 11.5 Å². The average Bonchev–Trinajstić information content (AvgIpc) is 2.43. The fourth-order valence-corrected chi connectivity index (χ4v) is 2.63. The van der Waals surface area contributed by atoms with Gasteiger partial charge in [0.15, 0.2) is 11.5 Å². The van der Waals surface area contributed by atoms with Crippen LogP contribution >= 0.6 is 0 Å². The zero-order chi connectivity index (χ0) is 13.0. The van der Waals surface area contributed by atoms with E-state index in [2.05, 4.69) is 24.4 Å². The van der Waals surface area contributed by atoms with Crippen molar-refractivity contribution < 1.29 is 9.47 Å². The first-order chi connectivity index (χ1) is 8.80. The topological polar surface area (TPSA) is 30.5 Å². The van der Waals surface area contributed by atoms with Gasteiger partial charge in [-0.3, -0.25) is 0 Å². The van der Waals surface area contributed by atoms with E-state index in [9.17, 15) is 0 Å². The highest BCUT2D eigenvalue weighted by Crippen LogP contribution is 2.36. The first-order valence-electron chi connectivity index (χ1n) is 6.78. The van der Waals surface area contributed by atoms with Gasteiger partial charge in [0.2, 0.25) is 0 Å². The van der Waals surface area contributed by atoms with E-state index in [1.54, 1.807) is 14.2 Å². The number of hydrogen-bond donors (Lipinski definition) is 1. The lowest BCUT2D eigenvalue weighted by molar-refractivity contribution is 0.351. The number of benzene rings is 1. The Morgan fingerprint density at radius 3 is 2.61 bits per heavy atom. The number of rotatable bonds is 5. The molecule has 1 aliphatic heterocycles. The molecule has 0 spiro atoms. The first kappa shape index (κ1) is 13.2. The molecule has 0 radical (unpaired) electrons. The molecule has 3 heteroatoms. The molecule has 0 saturated carbocycles. The van der Waals surface area contributed by atoms with E-state index in [0.717, 1.165) is 24.5 Å². The van der Waals surface area contributed by atoms with Crippen LogP contribution in [-0.2, 0) is 6.42 Å². The highest BCUT2D eigenvalue weighted by atomic mass is 16.5. The molecular formula is C15H23NO2. The minimum atomic E-state index is 0.466. The van der Waals surface area contributed by atoms with Gasteiger partial charge >= 0.3 is 0 Å². The lowest BCUT2D eigenvalue weighted by Gasteiger charge is -2.28. The molecule has 100 valence electrons. The predicted molar refractivity (Wildman–Crippen MR) is 73.5 cm³/mol. The molecule has 1 aromatic carbocycles. The maximum absolute atomic E-state index is 5.40. The summed E-state index contributed by atoms with van der Waals surface area (Å²) in [5.41, 5.74) is 2.78. The van der Waals surface area contributed by atoms with Gasteiger partial charge in [-0.2, -0.15) is 0 Å². The van der Waals surface area contributed by atoms with E-state index in [1.807, 2.05) is 0 Å². The van der Waals surface area contributed by atoms with Crippen LogP contribution in [0.25, 0.3) is 0 Å². The molecule has 1 aromatic rings. The highest BCUT2D eigenvalue weighted by Gasteiger charge is 2.21. The molecule has 1 N–H and O–H groups in total. The second-order valence-corrected chi connectivity index (χ2v) is 4.80. The minimum Gasteiger partial charge on any atom is -0.493 e. The molecule has 0 aromatic heterocycles. The first-order valence-corrected chi connectivity index (χ1v) is 6.78. The Morgan fingerprint density at radius 2 is 1.94 bits per heavy atom. The van der Waals surface area contributed by atoms with Crippen LogP contribution in [0.3, 0.4) is 0 Å². The standard InChI is InChI=1S/C15H23NO2/c1-4-5-6-13-12-10-15(18-3)14(17-2)9-11(12)7-8-16-13/h9-10,13,16H,4-8H2,1-3H3/t13-/m0/s1. The summed E-state index contributed by atoms with van der Waals surface area (Å²) in [5, 5.41) is 3.60. The second kappa shape index (κ2) is 6.10. The molecule has 3 nitrogen and oxygen atoms in total. The number of nitrogens with one attached hydrogen (secondary N) is 1. The lowest BCUT2D eigenvalue weighted by Crippen LogP contribution is -2.29. The van der Waals surface area contributed by atoms with Crippen molar-refractivity contribution in [1.82, 2.24) is 5.32 Å². The summed E-state index contributed by atoms with van der Waals surface area (Å²) < 4.78 is 10.8. The van der Waals surface area contributed by atoms with Crippen LogP contribution in [-0.4, -0.2) is 20.8 Å². The maximum Gasteiger partial charge on any atom is 0.161 e. The van der Waals surface area contributed by atoms with Gasteiger partial charge in [-0.1, -0.05) is 19.8 Å². The number of methoxy groups -OCH3 is 2. The molecule has 0 fully saturated rings. The molecule has 1 heterocycles. The van der Waals surface area contributed by atoms with Crippen molar-refractivity contribution in [3.63, 3.8) is 0 Å². The van der Waals surface area contributed by atoms with E-state index < -0.39 is 0 Å². The van der Waals surface area contributed by atoms with Crippen LogP contribution < -0.4 is 14.8 Å². The summed E-state index contributed by atoms with van der Waals surface area (Å²) in [7, 11) is 3.39. The molecule has 0 amide bonds. The summed E-state index contributed by atoms with van der Waals surface area (Å²) in [6, 6.07) is 4.74. The summed E-state index contributed by atoms with van der Waals surface area (Å²) in [4.78, 5) is 0. The monoisotopic (exact) mass is 249 g/mol.